The van der Waals surface area contributed by atoms with E-state index in [1.807, 2.05) is 6.07 Å². The molecule has 31 heavy (non-hydrogen) atoms. The van der Waals surface area contributed by atoms with E-state index in [1.54, 1.807) is 11.3 Å². The van der Waals surface area contributed by atoms with Crippen LogP contribution in [0.1, 0.15) is 35.3 Å². The first kappa shape index (κ1) is 20.5. The van der Waals surface area contributed by atoms with Crippen molar-refractivity contribution in [3.05, 3.63) is 82.0 Å². The predicted octanol–water partition coefficient (Wildman–Crippen LogP) is 5.64. The molecule has 1 saturated heterocycles. The van der Waals surface area contributed by atoms with E-state index in [0.29, 0.717) is 6.54 Å². The van der Waals surface area contributed by atoms with Crippen molar-refractivity contribution >= 4 is 17.2 Å². The van der Waals surface area contributed by atoms with E-state index < -0.39 is 0 Å². The monoisotopic (exact) mass is 430 g/mol. The summed E-state index contributed by atoms with van der Waals surface area (Å²) in [6.07, 6.45) is 3.35. The molecule has 1 spiro atoms. The standard InChI is InChI=1S/C27H30N2OS/c1-20-6-2-3-10-24(20)22-8-4-7-21(16-22)19-29-13-11-27(12-14-29)17-25(27)26(30)28-18-23-9-5-15-31-23/h2-10,15-16,25H,11-14,17-19H2,1H3,(H,28,30)/t25-/m1/s1. The van der Waals surface area contributed by atoms with Gasteiger partial charge in [-0.1, -0.05) is 48.5 Å². The molecule has 3 aromatic rings. The molecular weight excluding hydrogens is 400 g/mol. The summed E-state index contributed by atoms with van der Waals surface area (Å²) < 4.78 is 0. The molecule has 2 aromatic carbocycles. The van der Waals surface area contributed by atoms with Crippen molar-refractivity contribution in [1.82, 2.24) is 10.2 Å². The Labute approximate surface area is 189 Å². The van der Waals surface area contributed by atoms with Crippen molar-refractivity contribution in [2.75, 3.05) is 13.1 Å². The Hall–Kier alpha value is -2.43. The smallest absolute Gasteiger partial charge is 0.223 e. The topological polar surface area (TPSA) is 32.3 Å². The lowest BCUT2D eigenvalue weighted by molar-refractivity contribution is -0.123. The number of carbonyl (C=O) groups is 1. The van der Waals surface area contributed by atoms with Crippen molar-refractivity contribution in [3.63, 3.8) is 0 Å². The highest BCUT2D eigenvalue weighted by molar-refractivity contribution is 7.09. The predicted molar refractivity (Wildman–Crippen MR) is 128 cm³/mol. The van der Waals surface area contributed by atoms with E-state index in [2.05, 4.69) is 77.1 Å². The zero-order chi connectivity index (χ0) is 21.3. The average molecular weight is 431 g/mol. The summed E-state index contributed by atoms with van der Waals surface area (Å²) in [5.74, 6) is 0.478. The zero-order valence-corrected chi connectivity index (χ0v) is 19.0. The Balaban J connectivity index is 1.15. The van der Waals surface area contributed by atoms with Gasteiger partial charge in [0, 0.05) is 17.3 Å². The number of benzene rings is 2. The molecule has 1 N–H and O–H groups in total. The molecule has 2 fully saturated rings. The van der Waals surface area contributed by atoms with Gasteiger partial charge in [-0.2, -0.15) is 0 Å². The van der Waals surface area contributed by atoms with Gasteiger partial charge < -0.3 is 5.32 Å². The van der Waals surface area contributed by atoms with Gasteiger partial charge in [0.1, 0.15) is 0 Å². The summed E-state index contributed by atoms with van der Waals surface area (Å²) in [7, 11) is 0. The van der Waals surface area contributed by atoms with Gasteiger partial charge >= 0.3 is 0 Å². The van der Waals surface area contributed by atoms with E-state index in [4.69, 9.17) is 0 Å². The highest BCUT2D eigenvalue weighted by Gasteiger charge is 2.58. The highest BCUT2D eigenvalue weighted by atomic mass is 32.1. The van der Waals surface area contributed by atoms with Crippen LogP contribution in [0.4, 0.5) is 0 Å². The Morgan fingerprint density at radius 3 is 2.71 bits per heavy atom. The molecular formula is C27H30N2OS. The van der Waals surface area contributed by atoms with E-state index >= 15 is 0 Å². The number of carbonyl (C=O) groups excluding carboxylic acids is 1. The number of aryl methyl sites for hydroxylation is 1. The second-order valence-corrected chi connectivity index (χ2v) is 10.2. The van der Waals surface area contributed by atoms with Gasteiger partial charge in [-0.25, -0.2) is 0 Å². The molecule has 3 nitrogen and oxygen atoms in total. The van der Waals surface area contributed by atoms with Crippen molar-refractivity contribution in [2.45, 2.75) is 39.3 Å². The first-order valence-electron chi connectivity index (χ1n) is 11.3. The molecule has 2 heterocycles. The highest BCUT2D eigenvalue weighted by Crippen LogP contribution is 2.59. The van der Waals surface area contributed by atoms with Crippen LogP contribution < -0.4 is 5.32 Å². The van der Waals surface area contributed by atoms with Crippen LogP contribution in [0.5, 0.6) is 0 Å². The summed E-state index contributed by atoms with van der Waals surface area (Å²) in [5.41, 5.74) is 5.57. The van der Waals surface area contributed by atoms with Crippen LogP contribution in [-0.4, -0.2) is 23.9 Å². The number of thiophene rings is 1. The van der Waals surface area contributed by atoms with Crippen molar-refractivity contribution in [1.29, 1.82) is 0 Å². The van der Waals surface area contributed by atoms with E-state index in [1.165, 1.54) is 27.1 Å². The maximum absolute atomic E-state index is 12.6. The molecule has 4 heteroatoms. The third-order valence-electron chi connectivity index (χ3n) is 7.16. The molecule has 1 saturated carbocycles. The Bertz CT molecular complexity index is 1050. The molecule has 2 aliphatic rings. The van der Waals surface area contributed by atoms with Crippen molar-refractivity contribution < 1.29 is 4.79 Å². The van der Waals surface area contributed by atoms with Crippen LogP contribution in [0.2, 0.25) is 0 Å². The van der Waals surface area contributed by atoms with E-state index in [-0.39, 0.29) is 17.2 Å². The molecule has 5 rings (SSSR count). The van der Waals surface area contributed by atoms with Crippen LogP contribution in [0, 0.1) is 18.3 Å². The van der Waals surface area contributed by atoms with Crippen LogP contribution in [0.3, 0.4) is 0 Å². The fourth-order valence-corrected chi connectivity index (χ4v) is 5.77. The largest absolute Gasteiger partial charge is 0.351 e. The Morgan fingerprint density at radius 2 is 1.94 bits per heavy atom. The summed E-state index contributed by atoms with van der Waals surface area (Å²) in [5, 5.41) is 5.22. The second kappa shape index (κ2) is 8.60. The third-order valence-corrected chi connectivity index (χ3v) is 8.04. The van der Waals surface area contributed by atoms with Crippen molar-refractivity contribution in [3.8, 4) is 11.1 Å². The number of rotatable bonds is 6. The molecule has 1 atom stereocenters. The normalized spacial score (nSPS) is 20.0. The molecule has 0 unspecified atom stereocenters. The Kier molecular flexibility index (Phi) is 5.68. The molecule has 0 radical (unpaired) electrons. The van der Waals surface area contributed by atoms with Gasteiger partial charge in [0.05, 0.1) is 6.54 Å². The first-order chi connectivity index (χ1) is 15.1. The van der Waals surface area contributed by atoms with E-state index in [0.717, 1.165) is 38.9 Å². The van der Waals surface area contributed by atoms with Crippen molar-refractivity contribution in [2.24, 2.45) is 11.3 Å². The molecule has 0 bridgehead atoms. The average Bonchev–Trinajstić information content (AvgIpc) is 3.23. The molecule has 1 aromatic heterocycles. The first-order valence-corrected chi connectivity index (χ1v) is 12.2. The minimum absolute atomic E-state index is 0.221. The number of nitrogens with one attached hydrogen (secondary N) is 1. The summed E-state index contributed by atoms with van der Waals surface area (Å²) in [4.78, 5) is 16.4. The number of piperidine rings is 1. The quantitative estimate of drug-likeness (QED) is 0.549. The minimum atomic E-state index is 0.221. The zero-order valence-electron chi connectivity index (χ0n) is 18.1. The van der Waals surface area contributed by atoms with Gasteiger partial charge in [0.25, 0.3) is 0 Å². The number of likely N-dealkylation sites (tertiary alicyclic amines) is 1. The second-order valence-electron chi connectivity index (χ2n) is 9.21. The number of hydrogen-bond acceptors (Lipinski definition) is 3. The molecule has 1 amide bonds. The summed E-state index contributed by atoms with van der Waals surface area (Å²) in [6, 6.07) is 21.7. The van der Waals surface area contributed by atoms with Gasteiger partial charge in [-0.3, -0.25) is 9.69 Å². The van der Waals surface area contributed by atoms with Crippen LogP contribution in [0.15, 0.2) is 66.0 Å². The fraction of sp³-hybridized carbons (Fsp3) is 0.370. The maximum Gasteiger partial charge on any atom is 0.223 e. The molecule has 1 aliphatic heterocycles. The van der Waals surface area contributed by atoms with Gasteiger partial charge in [-0.05, 0) is 84.5 Å². The molecule has 160 valence electrons. The number of nitrogens with zero attached hydrogens (tertiary/aromatic N) is 1. The van der Waals surface area contributed by atoms with Gasteiger partial charge in [0.2, 0.25) is 5.91 Å². The number of amides is 1. The third kappa shape index (κ3) is 4.46. The summed E-state index contributed by atoms with van der Waals surface area (Å²) >= 11 is 1.70. The van der Waals surface area contributed by atoms with Crippen LogP contribution in [-0.2, 0) is 17.9 Å². The maximum atomic E-state index is 12.6. The lowest BCUT2D eigenvalue weighted by Crippen LogP contribution is -2.36. The SMILES string of the molecule is Cc1ccccc1-c1cccc(CN2CCC3(CC2)C[C@@H]3C(=O)NCc2cccs2)c1. The van der Waals surface area contributed by atoms with Gasteiger partial charge in [-0.15, -0.1) is 11.3 Å². The Morgan fingerprint density at radius 1 is 1.10 bits per heavy atom. The lowest BCUT2D eigenvalue weighted by atomic mass is 9.90. The van der Waals surface area contributed by atoms with Crippen LogP contribution in [0.25, 0.3) is 11.1 Å². The van der Waals surface area contributed by atoms with Crippen LogP contribution >= 0.6 is 11.3 Å². The number of hydrogen-bond donors (Lipinski definition) is 1. The lowest BCUT2D eigenvalue weighted by Gasteiger charge is -2.33. The minimum Gasteiger partial charge on any atom is -0.351 e. The molecule has 1 aliphatic carbocycles. The summed E-state index contributed by atoms with van der Waals surface area (Å²) in [6.45, 7) is 6.01. The van der Waals surface area contributed by atoms with E-state index in [9.17, 15) is 4.79 Å². The van der Waals surface area contributed by atoms with Gasteiger partial charge in [0.15, 0.2) is 0 Å². The fourth-order valence-electron chi connectivity index (χ4n) is 5.13.